The standard InChI is InChI=1S/C19H23NO/c1-5-19(3,4)15-11-9-14(10-12-15)18(21)17-13(2)7-6-8-16(17)20/h6-12H,5,20H2,1-4H3. The molecule has 2 aromatic carbocycles. The molecular weight excluding hydrogens is 258 g/mol. The van der Waals surface area contributed by atoms with E-state index in [0.29, 0.717) is 16.8 Å². The first kappa shape index (κ1) is 15.3. The lowest BCUT2D eigenvalue weighted by atomic mass is 9.81. The molecule has 0 amide bonds. The lowest BCUT2D eigenvalue weighted by molar-refractivity contribution is 0.103. The van der Waals surface area contributed by atoms with Crippen LogP contribution in [0.1, 0.15) is 54.2 Å². The van der Waals surface area contributed by atoms with E-state index in [2.05, 4.69) is 20.8 Å². The van der Waals surface area contributed by atoms with Crippen LogP contribution in [0.25, 0.3) is 0 Å². The van der Waals surface area contributed by atoms with Crippen molar-refractivity contribution >= 4 is 11.5 Å². The highest BCUT2D eigenvalue weighted by Gasteiger charge is 2.19. The van der Waals surface area contributed by atoms with Gasteiger partial charge < -0.3 is 5.73 Å². The Morgan fingerprint density at radius 1 is 1.10 bits per heavy atom. The Morgan fingerprint density at radius 3 is 2.24 bits per heavy atom. The van der Waals surface area contributed by atoms with Crippen LogP contribution < -0.4 is 5.73 Å². The molecule has 2 heteroatoms. The number of nitrogens with two attached hydrogens (primary N) is 1. The van der Waals surface area contributed by atoms with Crippen molar-refractivity contribution < 1.29 is 4.79 Å². The van der Waals surface area contributed by atoms with E-state index in [9.17, 15) is 4.79 Å². The molecule has 0 aliphatic carbocycles. The lowest BCUT2D eigenvalue weighted by Gasteiger charge is -2.23. The van der Waals surface area contributed by atoms with E-state index in [1.807, 2.05) is 43.3 Å². The second-order valence-corrected chi connectivity index (χ2v) is 6.18. The molecule has 21 heavy (non-hydrogen) atoms. The zero-order valence-electron chi connectivity index (χ0n) is 13.2. The fourth-order valence-corrected chi connectivity index (χ4v) is 2.42. The van der Waals surface area contributed by atoms with Gasteiger partial charge in [0.1, 0.15) is 0 Å². The number of carbonyl (C=O) groups is 1. The Labute approximate surface area is 127 Å². The van der Waals surface area contributed by atoms with Crippen molar-refractivity contribution in [2.45, 2.75) is 39.5 Å². The molecule has 0 aliphatic rings. The number of aryl methyl sites for hydroxylation is 1. The third-order valence-corrected chi connectivity index (χ3v) is 4.34. The maximum Gasteiger partial charge on any atom is 0.195 e. The number of hydrogen-bond acceptors (Lipinski definition) is 2. The number of carbonyl (C=O) groups excluding carboxylic acids is 1. The summed E-state index contributed by atoms with van der Waals surface area (Å²) in [4.78, 5) is 12.6. The normalized spacial score (nSPS) is 11.4. The number of rotatable bonds is 4. The van der Waals surface area contributed by atoms with Crippen molar-refractivity contribution in [3.63, 3.8) is 0 Å². The minimum atomic E-state index is -0.00791. The highest BCUT2D eigenvalue weighted by molar-refractivity contribution is 6.13. The molecule has 0 heterocycles. The summed E-state index contributed by atoms with van der Waals surface area (Å²) < 4.78 is 0. The van der Waals surface area contributed by atoms with E-state index in [4.69, 9.17) is 5.73 Å². The largest absolute Gasteiger partial charge is 0.398 e. The van der Waals surface area contributed by atoms with Crippen LogP contribution in [0.2, 0.25) is 0 Å². The van der Waals surface area contributed by atoms with Gasteiger partial charge in [-0.1, -0.05) is 57.2 Å². The van der Waals surface area contributed by atoms with Crippen molar-refractivity contribution in [2.24, 2.45) is 0 Å². The first-order valence-corrected chi connectivity index (χ1v) is 7.37. The zero-order valence-corrected chi connectivity index (χ0v) is 13.2. The third kappa shape index (κ3) is 2.99. The number of ketones is 1. The number of nitrogen functional groups attached to an aromatic ring is 1. The zero-order chi connectivity index (χ0) is 15.6. The average Bonchev–Trinajstić information content (AvgIpc) is 2.47. The molecule has 2 nitrogen and oxygen atoms in total. The number of hydrogen-bond donors (Lipinski definition) is 1. The van der Waals surface area contributed by atoms with Gasteiger partial charge in [-0.15, -0.1) is 0 Å². The van der Waals surface area contributed by atoms with Crippen LogP contribution in [0.4, 0.5) is 5.69 Å². The topological polar surface area (TPSA) is 43.1 Å². The van der Waals surface area contributed by atoms with Crippen LogP contribution in [-0.4, -0.2) is 5.78 Å². The molecule has 0 aromatic heterocycles. The van der Waals surface area contributed by atoms with E-state index in [-0.39, 0.29) is 11.2 Å². The molecule has 0 fully saturated rings. The summed E-state index contributed by atoms with van der Waals surface area (Å²) in [6.07, 6.45) is 1.06. The lowest BCUT2D eigenvalue weighted by Crippen LogP contribution is -2.15. The third-order valence-electron chi connectivity index (χ3n) is 4.34. The Bertz CT molecular complexity index is 634. The summed E-state index contributed by atoms with van der Waals surface area (Å²) in [6, 6.07) is 13.5. The maximum absolute atomic E-state index is 12.6. The Hall–Kier alpha value is -2.09. The Morgan fingerprint density at radius 2 is 1.71 bits per heavy atom. The SMILES string of the molecule is CCC(C)(C)c1ccc(C(=O)c2c(C)cccc2N)cc1. The summed E-state index contributed by atoms with van der Waals surface area (Å²) in [5.74, 6) is -0.00791. The van der Waals surface area contributed by atoms with Gasteiger partial charge in [-0.3, -0.25) is 4.79 Å². The molecule has 0 unspecified atom stereocenters. The van der Waals surface area contributed by atoms with Crippen molar-refractivity contribution in [1.29, 1.82) is 0 Å². The summed E-state index contributed by atoms with van der Waals surface area (Å²) in [6.45, 7) is 8.51. The molecule has 2 rings (SSSR count). The second kappa shape index (κ2) is 5.72. The quantitative estimate of drug-likeness (QED) is 0.662. The van der Waals surface area contributed by atoms with Crippen molar-refractivity contribution in [3.05, 3.63) is 64.7 Å². The van der Waals surface area contributed by atoms with Gasteiger partial charge in [0.05, 0.1) is 0 Å². The average molecular weight is 281 g/mol. The minimum Gasteiger partial charge on any atom is -0.398 e. The molecule has 2 aromatic rings. The molecule has 0 bridgehead atoms. The van der Waals surface area contributed by atoms with Crippen LogP contribution in [0, 0.1) is 6.92 Å². The van der Waals surface area contributed by atoms with Gasteiger partial charge in [0.25, 0.3) is 0 Å². The van der Waals surface area contributed by atoms with Crippen LogP contribution in [0.5, 0.6) is 0 Å². The Balaban J connectivity index is 2.37. The van der Waals surface area contributed by atoms with Gasteiger partial charge in [0.15, 0.2) is 5.78 Å². The van der Waals surface area contributed by atoms with E-state index < -0.39 is 0 Å². The molecule has 0 spiro atoms. The summed E-state index contributed by atoms with van der Waals surface area (Å²) >= 11 is 0. The highest BCUT2D eigenvalue weighted by Crippen LogP contribution is 2.27. The van der Waals surface area contributed by atoms with Crippen molar-refractivity contribution in [1.82, 2.24) is 0 Å². The van der Waals surface area contributed by atoms with Crippen molar-refractivity contribution in [3.8, 4) is 0 Å². The predicted molar refractivity (Wildman–Crippen MR) is 88.8 cm³/mol. The van der Waals surface area contributed by atoms with Crippen LogP contribution in [-0.2, 0) is 5.41 Å². The first-order valence-electron chi connectivity index (χ1n) is 7.37. The summed E-state index contributed by atoms with van der Waals surface area (Å²) in [5.41, 5.74) is 10.1. The molecule has 0 atom stereocenters. The maximum atomic E-state index is 12.6. The predicted octanol–water partition coefficient (Wildman–Crippen LogP) is 4.50. The van der Waals surface area contributed by atoms with Crippen LogP contribution >= 0.6 is 0 Å². The van der Waals surface area contributed by atoms with Crippen molar-refractivity contribution in [2.75, 3.05) is 5.73 Å². The molecular formula is C19H23NO. The van der Waals surface area contributed by atoms with Gasteiger partial charge >= 0.3 is 0 Å². The van der Waals surface area contributed by atoms with Gasteiger partial charge in [0.2, 0.25) is 0 Å². The highest BCUT2D eigenvalue weighted by atomic mass is 16.1. The van der Waals surface area contributed by atoms with Gasteiger partial charge in [-0.05, 0) is 36.0 Å². The minimum absolute atomic E-state index is 0.00791. The smallest absolute Gasteiger partial charge is 0.195 e. The fraction of sp³-hybridized carbons (Fsp3) is 0.316. The van der Waals surface area contributed by atoms with E-state index in [0.717, 1.165) is 12.0 Å². The van der Waals surface area contributed by atoms with Gasteiger partial charge in [-0.2, -0.15) is 0 Å². The summed E-state index contributed by atoms with van der Waals surface area (Å²) in [7, 11) is 0. The first-order chi connectivity index (χ1) is 9.86. The molecule has 0 saturated heterocycles. The van der Waals surface area contributed by atoms with Crippen LogP contribution in [0.15, 0.2) is 42.5 Å². The molecule has 110 valence electrons. The molecule has 0 saturated carbocycles. The van der Waals surface area contributed by atoms with Gasteiger partial charge in [0, 0.05) is 16.8 Å². The van der Waals surface area contributed by atoms with Gasteiger partial charge in [-0.25, -0.2) is 0 Å². The van der Waals surface area contributed by atoms with E-state index in [1.54, 1.807) is 6.07 Å². The fourth-order valence-electron chi connectivity index (χ4n) is 2.42. The molecule has 0 radical (unpaired) electrons. The number of benzene rings is 2. The van der Waals surface area contributed by atoms with E-state index >= 15 is 0 Å². The number of anilines is 1. The monoisotopic (exact) mass is 281 g/mol. The molecule has 0 aliphatic heterocycles. The second-order valence-electron chi connectivity index (χ2n) is 6.18. The summed E-state index contributed by atoms with van der Waals surface area (Å²) in [5, 5.41) is 0. The molecule has 2 N–H and O–H groups in total. The van der Waals surface area contributed by atoms with E-state index in [1.165, 1.54) is 5.56 Å². The Kier molecular flexibility index (Phi) is 4.17. The van der Waals surface area contributed by atoms with Crippen LogP contribution in [0.3, 0.4) is 0 Å².